The highest BCUT2D eigenvalue weighted by atomic mass is 35.5. The summed E-state index contributed by atoms with van der Waals surface area (Å²) in [7, 11) is 0.247. The third kappa shape index (κ3) is 5.95. The molecule has 8 heteroatoms. The minimum Gasteiger partial charge on any atom is -0.369 e. The summed E-state index contributed by atoms with van der Waals surface area (Å²) >= 11 is 5.76. The second-order valence-electron chi connectivity index (χ2n) is 6.48. The van der Waals surface area contributed by atoms with E-state index in [2.05, 4.69) is 28.9 Å². The predicted molar refractivity (Wildman–Crippen MR) is 105 cm³/mol. The third-order valence-electron chi connectivity index (χ3n) is 4.29. The monoisotopic (exact) mass is 397 g/mol. The molecule has 1 aromatic carbocycles. The van der Waals surface area contributed by atoms with Gasteiger partial charge in [0, 0.05) is 19.1 Å². The molecule has 2 aromatic rings. The summed E-state index contributed by atoms with van der Waals surface area (Å²) in [6.07, 6.45) is 3.07. The molecule has 1 fully saturated rings. The zero-order valence-corrected chi connectivity index (χ0v) is 16.7. The number of rotatable bonds is 3. The van der Waals surface area contributed by atoms with E-state index in [0.717, 1.165) is 18.7 Å². The number of hydrogen-bond acceptors (Lipinski definition) is 5. The van der Waals surface area contributed by atoms with Gasteiger partial charge in [-0.25, -0.2) is 4.98 Å². The van der Waals surface area contributed by atoms with E-state index in [-0.39, 0.29) is 4.90 Å². The Labute approximate surface area is 160 Å². The first-order valence-electron chi connectivity index (χ1n) is 8.24. The average molecular weight is 398 g/mol. The van der Waals surface area contributed by atoms with Crippen molar-refractivity contribution in [1.29, 1.82) is 0 Å². The van der Waals surface area contributed by atoms with Gasteiger partial charge in [0.15, 0.2) is 0 Å². The van der Waals surface area contributed by atoms with Crippen LogP contribution in [0.1, 0.15) is 12.0 Å². The fourth-order valence-corrected chi connectivity index (χ4v) is 3.25. The van der Waals surface area contributed by atoms with Crippen molar-refractivity contribution in [1.82, 2.24) is 9.88 Å². The van der Waals surface area contributed by atoms with Crippen LogP contribution in [0.2, 0.25) is 5.15 Å². The Morgan fingerprint density at radius 3 is 2.31 bits per heavy atom. The molecule has 3 rings (SSSR count). The topological polar surface area (TPSA) is 73.7 Å². The maximum absolute atomic E-state index is 10.5. The number of aromatic nitrogens is 1. The molecule has 1 aliphatic heterocycles. The van der Waals surface area contributed by atoms with Gasteiger partial charge in [-0.05, 0) is 51.7 Å². The summed E-state index contributed by atoms with van der Waals surface area (Å²) in [6, 6.07) is 10.5. The molecule has 0 aliphatic carbocycles. The van der Waals surface area contributed by atoms with Crippen molar-refractivity contribution in [2.45, 2.75) is 24.3 Å². The van der Waals surface area contributed by atoms with Gasteiger partial charge in [0.05, 0.1) is 16.8 Å². The number of pyridine rings is 1. The second kappa shape index (κ2) is 8.81. The predicted octanol–water partition coefficient (Wildman–Crippen LogP) is 3.12. The van der Waals surface area contributed by atoms with Crippen LogP contribution in [0.25, 0.3) is 0 Å². The van der Waals surface area contributed by atoms with E-state index in [0.29, 0.717) is 11.2 Å². The molecule has 0 saturated carbocycles. The molecule has 0 radical (unpaired) electrons. The van der Waals surface area contributed by atoms with E-state index in [1.807, 2.05) is 25.3 Å². The van der Waals surface area contributed by atoms with Crippen LogP contribution in [-0.4, -0.2) is 56.1 Å². The molecule has 1 N–H and O–H groups in total. The van der Waals surface area contributed by atoms with Crippen LogP contribution in [0, 0.1) is 6.92 Å². The summed E-state index contributed by atoms with van der Waals surface area (Å²) in [5.41, 5.74) is 2.13. The molecule has 1 saturated heterocycles. The van der Waals surface area contributed by atoms with Crippen LogP contribution < -0.4 is 4.90 Å². The maximum atomic E-state index is 10.5. The van der Waals surface area contributed by atoms with Crippen LogP contribution >= 0.6 is 11.6 Å². The first kappa shape index (κ1) is 20.6. The molecule has 1 unspecified atom stereocenters. The number of halogens is 1. The van der Waals surface area contributed by atoms with Crippen molar-refractivity contribution < 1.29 is 13.0 Å². The van der Waals surface area contributed by atoms with Gasteiger partial charge in [-0.2, -0.15) is 8.42 Å². The van der Waals surface area contributed by atoms with E-state index in [1.54, 1.807) is 12.1 Å². The van der Waals surface area contributed by atoms with Gasteiger partial charge in [-0.1, -0.05) is 29.3 Å². The van der Waals surface area contributed by atoms with Crippen LogP contribution in [0.4, 0.5) is 5.69 Å². The Hall–Kier alpha value is -1.67. The zero-order valence-electron chi connectivity index (χ0n) is 15.1. The Kier molecular flexibility index (Phi) is 7.00. The fraction of sp³-hybridized carbons (Fsp3) is 0.389. The maximum Gasteiger partial charge on any atom is 0.294 e. The minimum absolute atomic E-state index is 0.0666. The summed E-state index contributed by atoms with van der Waals surface area (Å²) < 4.78 is 29.6. The molecule has 1 atom stereocenters. The number of aryl methyl sites for hydroxylation is 1. The lowest BCUT2D eigenvalue weighted by Gasteiger charge is -2.21. The summed E-state index contributed by atoms with van der Waals surface area (Å²) in [6.45, 7) is 4.02. The fourth-order valence-electron chi connectivity index (χ4n) is 2.66. The quantitative estimate of drug-likeness (QED) is 0.633. The largest absolute Gasteiger partial charge is 0.369 e. The van der Waals surface area contributed by atoms with Gasteiger partial charge in [-0.15, -0.1) is 0 Å². The van der Waals surface area contributed by atoms with E-state index >= 15 is 0 Å². The number of likely N-dealkylation sites (N-methyl/N-ethyl adjacent to an activating group) is 1. The van der Waals surface area contributed by atoms with Crippen LogP contribution in [-0.2, 0) is 10.1 Å². The number of anilines is 1. The smallest absolute Gasteiger partial charge is 0.294 e. The Bertz CT molecular complexity index is 809. The number of nitrogens with zero attached hydrogens (tertiary/aromatic N) is 3. The van der Waals surface area contributed by atoms with Crippen LogP contribution in [0.3, 0.4) is 0 Å². The van der Waals surface area contributed by atoms with Gasteiger partial charge in [0.25, 0.3) is 10.1 Å². The summed E-state index contributed by atoms with van der Waals surface area (Å²) in [5.74, 6) is 0. The van der Waals surface area contributed by atoms with E-state index in [1.165, 1.54) is 24.2 Å². The van der Waals surface area contributed by atoms with E-state index in [4.69, 9.17) is 16.2 Å². The van der Waals surface area contributed by atoms with E-state index in [9.17, 15) is 8.42 Å². The molecule has 0 bridgehead atoms. The first-order valence-corrected chi connectivity index (χ1v) is 10.1. The molecule has 0 spiro atoms. The number of hydrogen-bond donors (Lipinski definition) is 1. The normalized spacial score (nSPS) is 17.2. The molecular formula is C18H24ClN3O3S. The van der Waals surface area contributed by atoms with E-state index < -0.39 is 10.1 Å². The summed E-state index contributed by atoms with van der Waals surface area (Å²) in [5, 5.41) is 0.558. The van der Waals surface area contributed by atoms with Gasteiger partial charge in [0.1, 0.15) is 5.15 Å². The molecule has 2 heterocycles. The lowest BCUT2D eigenvalue weighted by molar-refractivity contribution is 0.315. The SMILES string of the molecule is CN(C)C1CCN(c2ccc(Cl)nc2)C1.Cc1ccc(S(=O)(=O)O)cc1. The molecule has 26 heavy (non-hydrogen) atoms. The molecule has 1 aromatic heterocycles. The zero-order chi connectivity index (χ0) is 19.3. The van der Waals surface area contributed by atoms with Gasteiger partial charge < -0.3 is 9.80 Å². The first-order chi connectivity index (χ1) is 12.2. The van der Waals surface area contributed by atoms with Crippen molar-refractivity contribution in [2.24, 2.45) is 0 Å². The molecule has 1 aliphatic rings. The van der Waals surface area contributed by atoms with Crippen molar-refractivity contribution in [3.8, 4) is 0 Å². The van der Waals surface area contributed by atoms with Gasteiger partial charge in [0.2, 0.25) is 0 Å². The second-order valence-corrected chi connectivity index (χ2v) is 8.29. The van der Waals surface area contributed by atoms with Crippen LogP contribution in [0.5, 0.6) is 0 Å². The standard InChI is InChI=1S/C11H16ClN3.C7H8O3S/c1-14(2)10-5-6-15(8-10)9-3-4-11(12)13-7-9;1-6-2-4-7(5-3-6)11(8,9)10/h3-4,7,10H,5-6,8H2,1-2H3;2-5H,1H3,(H,8,9,10). The van der Waals surface area contributed by atoms with Crippen molar-refractivity contribution >= 4 is 27.4 Å². The van der Waals surface area contributed by atoms with Crippen molar-refractivity contribution in [2.75, 3.05) is 32.1 Å². The van der Waals surface area contributed by atoms with Gasteiger partial charge in [-0.3, -0.25) is 4.55 Å². The molecule has 0 amide bonds. The highest BCUT2D eigenvalue weighted by Gasteiger charge is 2.24. The third-order valence-corrected chi connectivity index (χ3v) is 5.38. The Morgan fingerprint density at radius 1 is 1.19 bits per heavy atom. The van der Waals surface area contributed by atoms with Crippen LogP contribution in [0.15, 0.2) is 47.5 Å². The molecular weight excluding hydrogens is 374 g/mol. The Balaban J connectivity index is 0.000000197. The number of benzene rings is 1. The molecule has 142 valence electrons. The Morgan fingerprint density at radius 2 is 1.85 bits per heavy atom. The lowest BCUT2D eigenvalue weighted by atomic mass is 10.2. The lowest BCUT2D eigenvalue weighted by Crippen LogP contribution is -2.31. The molecule has 6 nitrogen and oxygen atoms in total. The van der Waals surface area contributed by atoms with Crippen molar-refractivity contribution in [3.05, 3.63) is 53.3 Å². The summed E-state index contributed by atoms with van der Waals surface area (Å²) in [4.78, 5) is 8.67. The average Bonchev–Trinajstić information content (AvgIpc) is 3.06. The minimum atomic E-state index is -4.02. The highest BCUT2D eigenvalue weighted by Crippen LogP contribution is 2.22. The highest BCUT2D eigenvalue weighted by molar-refractivity contribution is 7.85. The van der Waals surface area contributed by atoms with Gasteiger partial charge >= 0.3 is 0 Å². The van der Waals surface area contributed by atoms with Crippen molar-refractivity contribution in [3.63, 3.8) is 0 Å².